The van der Waals surface area contributed by atoms with Crippen LogP contribution in [0.5, 0.6) is 5.75 Å². The van der Waals surface area contributed by atoms with E-state index in [1.165, 1.54) is 6.07 Å². The Balaban J connectivity index is 2.75. The molecule has 0 unspecified atom stereocenters. The van der Waals surface area contributed by atoms with E-state index in [2.05, 4.69) is 5.92 Å². The minimum absolute atomic E-state index is 0.0375. The normalized spacial score (nSPS) is 9.07. The molecule has 4 heteroatoms. The van der Waals surface area contributed by atoms with Gasteiger partial charge in [-0.3, -0.25) is 10.1 Å². The van der Waals surface area contributed by atoms with E-state index in [0.717, 1.165) is 0 Å². The molecular weight excluding hydrogens is 182 g/mol. The van der Waals surface area contributed by atoms with Crippen molar-refractivity contribution in [2.24, 2.45) is 0 Å². The Morgan fingerprint density at radius 3 is 2.86 bits per heavy atom. The fourth-order valence-corrected chi connectivity index (χ4v) is 0.950. The minimum Gasteiger partial charge on any atom is -0.486 e. The van der Waals surface area contributed by atoms with Crippen molar-refractivity contribution >= 4 is 5.69 Å². The third kappa shape index (κ3) is 2.49. The molecule has 0 aromatic heterocycles. The van der Waals surface area contributed by atoms with Crippen molar-refractivity contribution in [2.75, 3.05) is 6.61 Å². The first-order chi connectivity index (χ1) is 6.75. The zero-order valence-corrected chi connectivity index (χ0v) is 7.47. The summed E-state index contributed by atoms with van der Waals surface area (Å²) in [5.41, 5.74) is -0.0375. The third-order valence-corrected chi connectivity index (χ3v) is 1.57. The summed E-state index contributed by atoms with van der Waals surface area (Å²) in [4.78, 5) is 10.1. The largest absolute Gasteiger partial charge is 0.486 e. The Labute approximate surface area is 81.7 Å². The average Bonchev–Trinajstić information content (AvgIpc) is 2.19. The summed E-state index contributed by atoms with van der Waals surface area (Å²) in [7, 11) is 0. The predicted octanol–water partition coefficient (Wildman–Crippen LogP) is 2.00. The summed E-state index contributed by atoms with van der Waals surface area (Å²) >= 11 is 0. The van der Waals surface area contributed by atoms with E-state index >= 15 is 0 Å². The second kappa shape index (κ2) is 4.87. The van der Waals surface area contributed by atoms with Crippen molar-refractivity contribution in [3.63, 3.8) is 0 Å². The molecule has 0 spiro atoms. The Hall–Kier alpha value is -2.02. The van der Waals surface area contributed by atoms with Crippen LogP contribution in [0.2, 0.25) is 0 Å². The first-order valence-electron chi connectivity index (χ1n) is 4.05. The maximum absolute atomic E-state index is 10.5. The number of hydrogen-bond acceptors (Lipinski definition) is 3. The summed E-state index contributed by atoms with van der Waals surface area (Å²) in [6.07, 6.45) is 5.46. The van der Waals surface area contributed by atoms with Crippen LogP contribution in [-0.2, 0) is 0 Å². The maximum atomic E-state index is 10.5. The van der Waals surface area contributed by atoms with Crippen LogP contribution in [0, 0.1) is 22.5 Å². The van der Waals surface area contributed by atoms with Crippen LogP contribution in [-0.4, -0.2) is 11.5 Å². The van der Waals surface area contributed by atoms with Crippen LogP contribution < -0.4 is 4.74 Å². The number of benzene rings is 1. The Morgan fingerprint density at radius 1 is 1.50 bits per heavy atom. The molecule has 1 rings (SSSR count). The van der Waals surface area contributed by atoms with Gasteiger partial charge >= 0.3 is 5.69 Å². The lowest BCUT2D eigenvalue weighted by molar-refractivity contribution is -0.385. The van der Waals surface area contributed by atoms with Gasteiger partial charge in [0.15, 0.2) is 5.75 Å². The zero-order valence-electron chi connectivity index (χ0n) is 7.47. The molecule has 0 saturated heterocycles. The van der Waals surface area contributed by atoms with Crippen LogP contribution in [0.15, 0.2) is 24.3 Å². The van der Waals surface area contributed by atoms with Gasteiger partial charge in [-0.25, -0.2) is 0 Å². The van der Waals surface area contributed by atoms with E-state index in [1.54, 1.807) is 18.2 Å². The molecular formula is C10H9NO3. The summed E-state index contributed by atoms with van der Waals surface area (Å²) in [5, 5.41) is 10.5. The lowest BCUT2D eigenvalue weighted by atomic mass is 10.3. The standard InChI is InChI=1S/C10H9NO3/c1-2-3-8-14-10-7-5-4-6-9(10)11(12)13/h1,4-7H,3,8H2. The molecule has 0 radical (unpaired) electrons. The van der Waals surface area contributed by atoms with Gasteiger partial charge in [0.2, 0.25) is 0 Å². The average molecular weight is 191 g/mol. The molecule has 0 atom stereocenters. The summed E-state index contributed by atoms with van der Waals surface area (Å²) in [6.45, 7) is 0.293. The summed E-state index contributed by atoms with van der Waals surface area (Å²) in [6, 6.07) is 6.21. The molecule has 0 heterocycles. The summed E-state index contributed by atoms with van der Waals surface area (Å²) in [5.74, 6) is 2.65. The Kier molecular flexibility index (Phi) is 3.50. The zero-order chi connectivity index (χ0) is 10.4. The molecule has 1 aromatic rings. The van der Waals surface area contributed by atoms with Gasteiger partial charge in [-0.2, -0.15) is 0 Å². The highest BCUT2D eigenvalue weighted by molar-refractivity contribution is 5.45. The van der Waals surface area contributed by atoms with Crippen LogP contribution in [0.25, 0.3) is 0 Å². The lowest BCUT2D eigenvalue weighted by Crippen LogP contribution is -1.99. The topological polar surface area (TPSA) is 52.4 Å². The lowest BCUT2D eigenvalue weighted by Gasteiger charge is -2.03. The molecule has 1 aromatic carbocycles. The fourth-order valence-electron chi connectivity index (χ4n) is 0.950. The molecule has 0 fully saturated rings. The van der Waals surface area contributed by atoms with Gasteiger partial charge in [0.05, 0.1) is 11.5 Å². The fraction of sp³-hybridized carbons (Fsp3) is 0.200. The molecule has 4 nitrogen and oxygen atoms in total. The summed E-state index contributed by atoms with van der Waals surface area (Å²) < 4.78 is 5.15. The molecule has 0 bridgehead atoms. The highest BCUT2D eigenvalue weighted by Gasteiger charge is 2.12. The molecule has 14 heavy (non-hydrogen) atoms. The van der Waals surface area contributed by atoms with Crippen molar-refractivity contribution < 1.29 is 9.66 Å². The van der Waals surface area contributed by atoms with Crippen LogP contribution >= 0.6 is 0 Å². The highest BCUT2D eigenvalue weighted by atomic mass is 16.6. The second-order valence-electron chi connectivity index (χ2n) is 2.53. The van der Waals surface area contributed by atoms with Gasteiger partial charge in [0.25, 0.3) is 0 Å². The van der Waals surface area contributed by atoms with Crippen LogP contribution in [0.4, 0.5) is 5.69 Å². The number of nitro benzene ring substituents is 1. The Bertz CT molecular complexity index is 368. The smallest absolute Gasteiger partial charge is 0.310 e. The third-order valence-electron chi connectivity index (χ3n) is 1.57. The molecule has 0 aliphatic carbocycles. The molecule has 0 aliphatic rings. The van der Waals surface area contributed by atoms with Crippen molar-refractivity contribution in [3.05, 3.63) is 34.4 Å². The number of hydrogen-bond donors (Lipinski definition) is 0. The van der Waals surface area contributed by atoms with Gasteiger partial charge in [-0.1, -0.05) is 12.1 Å². The predicted molar refractivity (Wildman–Crippen MR) is 52.0 cm³/mol. The van der Waals surface area contributed by atoms with E-state index in [0.29, 0.717) is 13.0 Å². The van der Waals surface area contributed by atoms with Gasteiger partial charge < -0.3 is 4.74 Å². The van der Waals surface area contributed by atoms with Crippen molar-refractivity contribution in [3.8, 4) is 18.1 Å². The minimum atomic E-state index is -0.481. The molecule has 72 valence electrons. The first-order valence-corrected chi connectivity index (χ1v) is 4.05. The van der Waals surface area contributed by atoms with Gasteiger partial charge in [-0.15, -0.1) is 12.3 Å². The van der Waals surface area contributed by atoms with Gasteiger partial charge in [-0.05, 0) is 6.07 Å². The Morgan fingerprint density at radius 2 is 2.21 bits per heavy atom. The van der Waals surface area contributed by atoms with Crippen LogP contribution in [0.3, 0.4) is 0 Å². The van der Waals surface area contributed by atoms with E-state index in [1.807, 2.05) is 0 Å². The van der Waals surface area contributed by atoms with Crippen molar-refractivity contribution in [1.29, 1.82) is 0 Å². The second-order valence-corrected chi connectivity index (χ2v) is 2.53. The number of rotatable bonds is 4. The van der Waals surface area contributed by atoms with E-state index in [4.69, 9.17) is 11.2 Å². The highest BCUT2D eigenvalue weighted by Crippen LogP contribution is 2.25. The van der Waals surface area contributed by atoms with E-state index in [9.17, 15) is 10.1 Å². The number of terminal acetylenes is 1. The van der Waals surface area contributed by atoms with E-state index in [-0.39, 0.29) is 11.4 Å². The molecule has 0 aliphatic heterocycles. The van der Waals surface area contributed by atoms with Crippen molar-refractivity contribution in [2.45, 2.75) is 6.42 Å². The SMILES string of the molecule is C#CCCOc1ccccc1[N+](=O)[O-]. The molecule has 0 N–H and O–H groups in total. The number of para-hydroxylation sites is 2. The number of nitro groups is 1. The quantitative estimate of drug-likeness (QED) is 0.316. The first kappa shape index (κ1) is 10.1. The molecule has 0 amide bonds. The monoisotopic (exact) mass is 191 g/mol. The number of ether oxygens (including phenoxy) is 1. The number of nitrogens with zero attached hydrogens (tertiary/aromatic N) is 1. The van der Waals surface area contributed by atoms with Crippen LogP contribution in [0.1, 0.15) is 6.42 Å². The van der Waals surface area contributed by atoms with Crippen molar-refractivity contribution in [1.82, 2.24) is 0 Å². The van der Waals surface area contributed by atoms with E-state index < -0.39 is 4.92 Å². The van der Waals surface area contributed by atoms with Gasteiger partial charge in [0.1, 0.15) is 0 Å². The maximum Gasteiger partial charge on any atom is 0.310 e. The van der Waals surface area contributed by atoms with Gasteiger partial charge in [0, 0.05) is 12.5 Å². The molecule has 0 saturated carbocycles.